The number of ether oxygens (including phenoxy) is 1. The smallest absolute Gasteiger partial charge is 0.154 e. The number of hydrogen-bond donors (Lipinski definition) is 0. The van der Waals surface area contributed by atoms with Gasteiger partial charge in [0.15, 0.2) is 6.29 Å². The Morgan fingerprint density at radius 3 is 3.00 bits per heavy atom. The van der Waals surface area contributed by atoms with Crippen LogP contribution < -0.4 is 4.74 Å². The van der Waals surface area contributed by atoms with Crippen molar-refractivity contribution in [3.8, 4) is 5.75 Å². The average Bonchev–Trinajstić information content (AvgIpc) is 2.27. The van der Waals surface area contributed by atoms with Crippen LogP contribution in [0, 0.1) is 0 Å². The van der Waals surface area contributed by atoms with Crippen molar-refractivity contribution >= 4 is 12.4 Å². The number of allylic oxidation sites excluding steroid dienone is 1. The van der Waals surface area contributed by atoms with Crippen LogP contribution in [0.4, 0.5) is 0 Å². The van der Waals surface area contributed by atoms with Crippen molar-refractivity contribution in [3.05, 3.63) is 34.9 Å². The molecule has 1 aliphatic rings. The van der Waals surface area contributed by atoms with Crippen LogP contribution in [0.5, 0.6) is 5.75 Å². The Morgan fingerprint density at radius 1 is 1.43 bits per heavy atom. The molecule has 1 aliphatic carbocycles. The van der Waals surface area contributed by atoms with Gasteiger partial charge in [0.1, 0.15) is 5.75 Å². The quantitative estimate of drug-likeness (QED) is 0.666. The molecule has 0 unspecified atom stereocenters. The summed E-state index contributed by atoms with van der Waals surface area (Å²) in [6.45, 7) is 0. The number of methoxy groups -OCH3 is 1. The van der Waals surface area contributed by atoms with Crippen molar-refractivity contribution in [2.24, 2.45) is 0 Å². The third-order valence-corrected chi connectivity index (χ3v) is 2.54. The molecule has 0 bridgehead atoms. The molecule has 0 saturated heterocycles. The first-order valence-corrected chi connectivity index (χ1v) is 4.68. The van der Waals surface area contributed by atoms with Crippen molar-refractivity contribution in [2.75, 3.05) is 7.11 Å². The fraction of sp³-hybridized carbons (Fsp3) is 0.250. The monoisotopic (exact) mass is 188 g/mol. The van der Waals surface area contributed by atoms with Crippen molar-refractivity contribution in [2.45, 2.75) is 12.8 Å². The molecular weight excluding hydrogens is 176 g/mol. The van der Waals surface area contributed by atoms with E-state index in [4.69, 9.17) is 4.74 Å². The van der Waals surface area contributed by atoms with Gasteiger partial charge in [0, 0.05) is 0 Å². The zero-order valence-corrected chi connectivity index (χ0v) is 8.12. The molecular formula is C12H12O2. The van der Waals surface area contributed by atoms with Gasteiger partial charge in [-0.2, -0.15) is 0 Å². The standard InChI is InChI=1S/C12H12O2/c1-14-12-7-6-9-4-2-3-5-10(9)11(12)8-13/h3,5-8H,2,4H2,1H3. The molecule has 0 aromatic heterocycles. The zero-order valence-electron chi connectivity index (χ0n) is 8.12. The summed E-state index contributed by atoms with van der Waals surface area (Å²) in [5.74, 6) is 0.658. The van der Waals surface area contributed by atoms with E-state index in [9.17, 15) is 4.79 Å². The Bertz CT molecular complexity index is 392. The summed E-state index contributed by atoms with van der Waals surface area (Å²) in [6.07, 6.45) is 7.03. The third-order valence-electron chi connectivity index (χ3n) is 2.54. The Balaban J connectivity index is 2.63. The second kappa shape index (κ2) is 3.66. The highest BCUT2D eigenvalue weighted by molar-refractivity contribution is 5.87. The van der Waals surface area contributed by atoms with Gasteiger partial charge in [0.2, 0.25) is 0 Å². The maximum atomic E-state index is 10.9. The van der Waals surface area contributed by atoms with Gasteiger partial charge in [0.05, 0.1) is 12.7 Å². The SMILES string of the molecule is COc1ccc2c(c1C=O)C=CCC2. The second-order valence-electron chi connectivity index (χ2n) is 3.31. The number of hydrogen-bond acceptors (Lipinski definition) is 2. The summed E-state index contributed by atoms with van der Waals surface area (Å²) in [6, 6.07) is 3.90. The maximum absolute atomic E-state index is 10.9. The summed E-state index contributed by atoms with van der Waals surface area (Å²) in [7, 11) is 1.58. The van der Waals surface area contributed by atoms with E-state index < -0.39 is 0 Å². The van der Waals surface area contributed by atoms with Gasteiger partial charge in [-0.15, -0.1) is 0 Å². The van der Waals surface area contributed by atoms with Crippen molar-refractivity contribution in [1.82, 2.24) is 0 Å². The number of aryl methyl sites for hydroxylation is 1. The molecule has 0 heterocycles. The fourth-order valence-electron chi connectivity index (χ4n) is 1.82. The number of carbonyl (C=O) groups excluding carboxylic acids is 1. The lowest BCUT2D eigenvalue weighted by Crippen LogP contribution is -2.01. The molecule has 2 rings (SSSR count). The minimum atomic E-state index is 0.658. The number of aldehydes is 1. The van der Waals surface area contributed by atoms with Crippen LogP contribution in [-0.4, -0.2) is 13.4 Å². The molecule has 1 aromatic rings. The van der Waals surface area contributed by atoms with Crippen LogP contribution in [0.1, 0.15) is 27.9 Å². The van der Waals surface area contributed by atoms with Gasteiger partial charge in [-0.05, 0) is 30.0 Å². The van der Waals surface area contributed by atoms with Gasteiger partial charge in [-0.1, -0.05) is 18.2 Å². The first kappa shape index (κ1) is 9.00. The molecule has 72 valence electrons. The van der Waals surface area contributed by atoms with E-state index in [0.717, 1.165) is 24.7 Å². The van der Waals surface area contributed by atoms with E-state index in [-0.39, 0.29) is 0 Å². The lowest BCUT2D eigenvalue weighted by molar-refractivity contribution is 0.112. The Morgan fingerprint density at radius 2 is 2.29 bits per heavy atom. The largest absolute Gasteiger partial charge is 0.496 e. The first-order chi connectivity index (χ1) is 6.86. The fourth-order valence-corrected chi connectivity index (χ4v) is 1.82. The number of rotatable bonds is 2. The number of carbonyl (C=O) groups is 1. The zero-order chi connectivity index (χ0) is 9.97. The van der Waals surface area contributed by atoms with E-state index in [2.05, 4.69) is 6.08 Å². The summed E-state index contributed by atoms with van der Waals surface area (Å²) in [5, 5.41) is 0. The van der Waals surface area contributed by atoms with E-state index in [1.807, 2.05) is 18.2 Å². The second-order valence-corrected chi connectivity index (χ2v) is 3.31. The van der Waals surface area contributed by atoms with Crippen LogP contribution in [0.25, 0.3) is 6.08 Å². The first-order valence-electron chi connectivity index (χ1n) is 4.68. The van der Waals surface area contributed by atoms with Crippen LogP contribution in [0.15, 0.2) is 18.2 Å². The van der Waals surface area contributed by atoms with E-state index in [1.54, 1.807) is 7.11 Å². The Labute approximate surface area is 83.2 Å². The molecule has 2 heteroatoms. The summed E-state index contributed by atoms with van der Waals surface area (Å²) < 4.78 is 5.14. The van der Waals surface area contributed by atoms with Crippen molar-refractivity contribution < 1.29 is 9.53 Å². The van der Waals surface area contributed by atoms with Gasteiger partial charge in [-0.3, -0.25) is 4.79 Å². The molecule has 0 radical (unpaired) electrons. The van der Waals surface area contributed by atoms with Crippen LogP contribution >= 0.6 is 0 Å². The molecule has 0 amide bonds. The number of benzene rings is 1. The van der Waals surface area contributed by atoms with E-state index >= 15 is 0 Å². The van der Waals surface area contributed by atoms with Gasteiger partial charge in [-0.25, -0.2) is 0 Å². The minimum absolute atomic E-state index is 0.658. The van der Waals surface area contributed by atoms with Crippen LogP contribution in [0.2, 0.25) is 0 Å². The van der Waals surface area contributed by atoms with E-state index in [1.165, 1.54) is 5.56 Å². The maximum Gasteiger partial charge on any atom is 0.154 e. The molecule has 0 N–H and O–H groups in total. The summed E-state index contributed by atoms with van der Waals surface area (Å²) in [4.78, 5) is 10.9. The molecule has 0 saturated carbocycles. The Kier molecular flexibility index (Phi) is 2.35. The highest BCUT2D eigenvalue weighted by Crippen LogP contribution is 2.28. The topological polar surface area (TPSA) is 26.3 Å². The third kappa shape index (κ3) is 1.33. The van der Waals surface area contributed by atoms with Gasteiger partial charge < -0.3 is 4.74 Å². The highest BCUT2D eigenvalue weighted by atomic mass is 16.5. The predicted molar refractivity (Wildman–Crippen MR) is 55.7 cm³/mol. The van der Waals surface area contributed by atoms with Crippen molar-refractivity contribution in [3.63, 3.8) is 0 Å². The lowest BCUT2D eigenvalue weighted by atomic mass is 9.93. The molecule has 0 atom stereocenters. The summed E-state index contributed by atoms with van der Waals surface area (Å²) in [5.41, 5.74) is 2.92. The molecule has 1 aromatic carbocycles. The van der Waals surface area contributed by atoms with Crippen LogP contribution in [-0.2, 0) is 6.42 Å². The molecule has 0 spiro atoms. The van der Waals surface area contributed by atoms with Crippen LogP contribution in [0.3, 0.4) is 0 Å². The van der Waals surface area contributed by atoms with E-state index in [0.29, 0.717) is 11.3 Å². The molecule has 14 heavy (non-hydrogen) atoms. The predicted octanol–water partition coefficient (Wildman–Crippen LogP) is 2.47. The van der Waals surface area contributed by atoms with Crippen molar-refractivity contribution in [1.29, 1.82) is 0 Å². The normalized spacial score (nSPS) is 13.5. The molecule has 0 aliphatic heterocycles. The highest BCUT2D eigenvalue weighted by Gasteiger charge is 2.12. The molecule has 2 nitrogen and oxygen atoms in total. The minimum Gasteiger partial charge on any atom is -0.496 e. The number of fused-ring (bicyclic) bond motifs is 1. The molecule has 0 fully saturated rings. The van der Waals surface area contributed by atoms with Gasteiger partial charge >= 0.3 is 0 Å². The Hall–Kier alpha value is -1.57. The van der Waals surface area contributed by atoms with Gasteiger partial charge in [0.25, 0.3) is 0 Å². The lowest BCUT2D eigenvalue weighted by Gasteiger charge is -2.14. The average molecular weight is 188 g/mol. The summed E-state index contributed by atoms with van der Waals surface area (Å²) >= 11 is 0.